The van der Waals surface area contributed by atoms with Crippen molar-refractivity contribution in [1.29, 1.82) is 0 Å². The van der Waals surface area contributed by atoms with E-state index >= 15 is 0 Å². The van der Waals surface area contributed by atoms with Gasteiger partial charge in [0.15, 0.2) is 0 Å². The lowest BCUT2D eigenvalue weighted by Crippen LogP contribution is -2.39. The van der Waals surface area contributed by atoms with Crippen LogP contribution in [0.3, 0.4) is 0 Å². The first kappa shape index (κ1) is 12.5. The normalized spacial score (nSPS) is 13.8. The standard InChI is InChI=1S/C16H17N3O/c17-13-7-5-12(6-8-13)9-10-19-11-16(20)18-14-3-1-2-4-15(14)19/h1-8H,9-11,17H2,(H,18,20). The predicted molar refractivity (Wildman–Crippen MR) is 81.8 cm³/mol. The summed E-state index contributed by atoms with van der Waals surface area (Å²) >= 11 is 0. The smallest absolute Gasteiger partial charge is 0.243 e. The van der Waals surface area contributed by atoms with Crippen LogP contribution in [-0.2, 0) is 11.2 Å². The molecule has 0 radical (unpaired) electrons. The number of nitrogens with zero attached hydrogens (tertiary/aromatic N) is 1. The van der Waals surface area contributed by atoms with Gasteiger partial charge in [0, 0.05) is 12.2 Å². The lowest BCUT2D eigenvalue weighted by atomic mass is 10.1. The summed E-state index contributed by atoms with van der Waals surface area (Å²) in [6.07, 6.45) is 0.891. The van der Waals surface area contributed by atoms with Crippen LogP contribution < -0.4 is 16.0 Å². The highest BCUT2D eigenvalue weighted by Gasteiger charge is 2.20. The number of carbonyl (C=O) groups excluding carboxylic acids is 1. The molecule has 0 saturated carbocycles. The summed E-state index contributed by atoms with van der Waals surface area (Å²) in [4.78, 5) is 13.8. The van der Waals surface area contributed by atoms with Gasteiger partial charge in [-0.3, -0.25) is 4.79 Å². The first-order valence-electron chi connectivity index (χ1n) is 6.70. The van der Waals surface area contributed by atoms with Crippen LogP contribution in [0, 0.1) is 0 Å². The Kier molecular flexibility index (Phi) is 3.29. The molecule has 1 aliphatic heterocycles. The minimum absolute atomic E-state index is 0.0426. The zero-order chi connectivity index (χ0) is 13.9. The maximum absolute atomic E-state index is 11.7. The number of hydrogen-bond acceptors (Lipinski definition) is 3. The molecule has 2 aromatic rings. The molecule has 102 valence electrons. The summed E-state index contributed by atoms with van der Waals surface area (Å²) < 4.78 is 0. The van der Waals surface area contributed by atoms with E-state index in [1.165, 1.54) is 5.56 Å². The number of carbonyl (C=O) groups is 1. The van der Waals surface area contributed by atoms with Crippen LogP contribution in [0.25, 0.3) is 0 Å². The van der Waals surface area contributed by atoms with Crippen LogP contribution in [0.4, 0.5) is 17.1 Å². The second kappa shape index (κ2) is 5.25. The Morgan fingerprint density at radius 1 is 1.10 bits per heavy atom. The summed E-state index contributed by atoms with van der Waals surface area (Å²) in [6, 6.07) is 15.8. The van der Waals surface area contributed by atoms with Crippen molar-refractivity contribution in [2.45, 2.75) is 6.42 Å². The molecule has 4 heteroatoms. The van der Waals surface area contributed by atoms with Crippen LogP contribution in [0.15, 0.2) is 48.5 Å². The number of amides is 1. The van der Waals surface area contributed by atoms with Gasteiger partial charge >= 0.3 is 0 Å². The predicted octanol–water partition coefficient (Wildman–Crippen LogP) is 2.27. The second-order valence-electron chi connectivity index (χ2n) is 4.98. The molecule has 1 heterocycles. The van der Waals surface area contributed by atoms with Crippen molar-refractivity contribution in [2.24, 2.45) is 0 Å². The number of nitrogens with one attached hydrogen (secondary N) is 1. The summed E-state index contributed by atoms with van der Waals surface area (Å²) in [5, 5.41) is 2.90. The van der Waals surface area contributed by atoms with Crippen molar-refractivity contribution in [3.05, 3.63) is 54.1 Å². The van der Waals surface area contributed by atoms with E-state index in [9.17, 15) is 4.79 Å². The number of hydrogen-bond donors (Lipinski definition) is 2. The van der Waals surface area contributed by atoms with E-state index in [0.29, 0.717) is 6.54 Å². The highest BCUT2D eigenvalue weighted by Crippen LogP contribution is 2.28. The molecule has 3 rings (SSSR count). The number of fused-ring (bicyclic) bond motifs is 1. The third-order valence-electron chi connectivity index (χ3n) is 3.50. The molecular weight excluding hydrogens is 250 g/mol. The highest BCUT2D eigenvalue weighted by molar-refractivity contribution is 6.01. The molecule has 0 atom stereocenters. The van der Waals surface area contributed by atoms with E-state index < -0.39 is 0 Å². The second-order valence-corrected chi connectivity index (χ2v) is 4.98. The highest BCUT2D eigenvalue weighted by atomic mass is 16.2. The fourth-order valence-corrected chi connectivity index (χ4v) is 2.45. The monoisotopic (exact) mass is 267 g/mol. The third-order valence-corrected chi connectivity index (χ3v) is 3.50. The largest absolute Gasteiger partial charge is 0.399 e. The van der Waals surface area contributed by atoms with Gasteiger partial charge in [-0.05, 0) is 36.2 Å². The summed E-state index contributed by atoms with van der Waals surface area (Å²) in [7, 11) is 0. The van der Waals surface area contributed by atoms with Crippen molar-refractivity contribution in [2.75, 3.05) is 29.0 Å². The van der Waals surface area contributed by atoms with Gasteiger partial charge in [0.25, 0.3) is 0 Å². The van der Waals surface area contributed by atoms with E-state index in [-0.39, 0.29) is 5.91 Å². The van der Waals surface area contributed by atoms with Crippen LogP contribution in [0.5, 0.6) is 0 Å². The Hall–Kier alpha value is -2.49. The molecule has 0 unspecified atom stereocenters. The maximum atomic E-state index is 11.7. The first-order chi connectivity index (χ1) is 9.72. The average Bonchev–Trinajstić information content (AvgIpc) is 2.46. The van der Waals surface area contributed by atoms with Crippen LogP contribution in [0.2, 0.25) is 0 Å². The van der Waals surface area contributed by atoms with E-state index in [1.54, 1.807) is 0 Å². The Morgan fingerprint density at radius 2 is 1.85 bits per heavy atom. The minimum atomic E-state index is 0.0426. The Morgan fingerprint density at radius 3 is 2.65 bits per heavy atom. The molecule has 1 aliphatic rings. The number of rotatable bonds is 3. The summed E-state index contributed by atoms with van der Waals surface area (Å²) in [5.74, 6) is 0.0426. The van der Waals surface area contributed by atoms with Crippen molar-refractivity contribution < 1.29 is 4.79 Å². The molecule has 0 saturated heterocycles. The Bertz CT molecular complexity index is 622. The SMILES string of the molecule is Nc1ccc(CCN2CC(=O)Nc3ccccc32)cc1. The minimum Gasteiger partial charge on any atom is -0.399 e. The van der Waals surface area contributed by atoms with Gasteiger partial charge in [0.1, 0.15) is 0 Å². The number of anilines is 3. The topological polar surface area (TPSA) is 58.4 Å². The van der Waals surface area contributed by atoms with Gasteiger partial charge in [-0.25, -0.2) is 0 Å². The van der Waals surface area contributed by atoms with Crippen molar-refractivity contribution in [1.82, 2.24) is 0 Å². The van der Waals surface area contributed by atoms with Gasteiger partial charge in [-0.2, -0.15) is 0 Å². The van der Waals surface area contributed by atoms with Gasteiger partial charge in [-0.15, -0.1) is 0 Å². The molecular formula is C16H17N3O. The molecule has 0 fully saturated rings. The van der Waals surface area contributed by atoms with E-state index in [0.717, 1.165) is 30.0 Å². The summed E-state index contributed by atoms with van der Waals surface area (Å²) in [5.41, 5.74) is 9.66. The van der Waals surface area contributed by atoms with Crippen LogP contribution >= 0.6 is 0 Å². The number of para-hydroxylation sites is 2. The Balaban J connectivity index is 1.74. The van der Waals surface area contributed by atoms with Gasteiger partial charge in [-0.1, -0.05) is 24.3 Å². The maximum Gasteiger partial charge on any atom is 0.243 e. The number of nitrogen functional groups attached to an aromatic ring is 1. The van der Waals surface area contributed by atoms with E-state index in [1.807, 2.05) is 48.5 Å². The van der Waals surface area contributed by atoms with Crippen molar-refractivity contribution in [3.8, 4) is 0 Å². The zero-order valence-electron chi connectivity index (χ0n) is 11.2. The molecule has 3 N–H and O–H groups in total. The molecule has 0 aliphatic carbocycles. The van der Waals surface area contributed by atoms with Gasteiger partial charge in [0.2, 0.25) is 5.91 Å². The van der Waals surface area contributed by atoms with Gasteiger partial charge in [0.05, 0.1) is 17.9 Å². The van der Waals surface area contributed by atoms with Crippen molar-refractivity contribution in [3.63, 3.8) is 0 Å². The zero-order valence-corrected chi connectivity index (χ0v) is 11.2. The average molecular weight is 267 g/mol. The molecule has 4 nitrogen and oxygen atoms in total. The lowest BCUT2D eigenvalue weighted by molar-refractivity contribution is -0.115. The summed E-state index contributed by atoms with van der Waals surface area (Å²) in [6.45, 7) is 1.22. The molecule has 1 amide bonds. The molecule has 0 spiro atoms. The Labute approximate surface area is 118 Å². The number of nitrogens with two attached hydrogens (primary N) is 1. The number of benzene rings is 2. The van der Waals surface area contributed by atoms with Crippen LogP contribution in [0.1, 0.15) is 5.56 Å². The van der Waals surface area contributed by atoms with Gasteiger partial charge < -0.3 is 16.0 Å². The van der Waals surface area contributed by atoms with E-state index in [4.69, 9.17) is 5.73 Å². The lowest BCUT2D eigenvalue weighted by Gasteiger charge is -2.30. The molecule has 0 bridgehead atoms. The molecule has 0 aromatic heterocycles. The quantitative estimate of drug-likeness (QED) is 0.839. The fraction of sp³-hybridized carbons (Fsp3) is 0.188. The first-order valence-corrected chi connectivity index (χ1v) is 6.70. The third kappa shape index (κ3) is 2.59. The van der Waals surface area contributed by atoms with Crippen molar-refractivity contribution >= 4 is 23.0 Å². The molecule has 20 heavy (non-hydrogen) atoms. The van der Waals surface area contributed by atoms with E-state index in [2.05, 4.69) is 10.2 Å². The molecule has 2 aromatic carbocycles. The fourth-order valence-electron chi connectivity index (χ4n) is 2.45. The van der Waals surface area contributed by atoms with Crippen LogP contribution in [-0.4, -0.2) is 19.0 Å².